The van der Waals surface area contributed by atoms with E-state index in [1.54, 1.807) is 17.0 Å². The second-order valence-corrected chi connectivity index (χ2v) is 13.9. The van der Waals surface area contributed by atoms with Crippen molar-refractivity contribution < 1.29 is 22.7 Å². The lowest BCUT2D eigenvalue weighted by molar-refractivity contribution is -0.0663. The number of nitrogens with zero attached hydrogens (tertiary/aromatic N) is 2. The van der Waals surface area contributed by atoms with Gasteiger partial charge in [-0.05, 0) is 57.6 Å². The highest BCUT2D eigenvalue weighted by Gasteiger charge is 2.61. The van der Waals surface area contributed by atoms with Crippen molar-refractivity contribution in [3.63, 3.8) is 0 Å². The summed E-state index contributed by atoms with van der Waals surface area (Å²) in [5.41, 5.74) is -0.0202. The molecule has 1 N–H and O–H groups in total. The highest BCUT2D eigenvalue weighted by molar-refractivity contribution is 7.91. The number of amides is 1. The number of carbonyl (C=O) groups is 1. The highest BCUT2D eigenvalue weighted by atomic mass is 35.5. The van der Waals surface area contributed by atoms with Crippen molar-refractivity contribution >= 4 is 39.1 Å². The molecule has 188 valence electrons. The fraction of sp³-hybridized carbons (Fsp3) is 0.696. The maximum Gasteiger partial charge on any atom is 0.410 e. The van der Waals surface area contributed by atoms with Crippen LogP contribution in [0, 0.1) is 5.92 Å². The Bertz CT molecular complexity index is 1060. The van der Waals surface area contributed by atoms with E-state index in [4.69, 9.17) is 21.1 Å². The Balaban J connectivity index is 1.44. The van der Waals surface area contributed by atoms with Gasteiger partial charge in [-0.25, -0.2) is 13.2 Å². The molecule has 0 aromatic carbocycles. The molecule has 2 aliphatic carbocycles. The quantitative estimate of drug-likeness (QED) is 0.568. The molecule has 5 rings (SSSR count). The van der Waals surface area contributed by atoms with E-state index in [1.165, 1.54) is 4.31 Å². The third-order valence-electron chi connectivity index (χ3n) is 7.23. The molecule has 0 unspecified atom stereocenters. The summed E-state index contributed by atoms with van der Waals surface area (Å²) in [6.07, 6.45) is 2.83. The van der Waals surface area contributed by atoms with Crippen molar-refractivity contribution in [3.05, 3.63) is 28.6 Å². The number of halogens is 1. The summed E-state index contributed by atoms with van der Waals surface area (Å²) >= 11 is 7.13. The van der Waals surface area contributed by atoms with Gasteiger partial charge in [-0.3, -0.25) is 0 Å². The van der Waals surface area contributed by atoms with Gasteiger partial charge in [0, 0.05) is 25.2 Å². The largest absolute Gasteiger partial charge is 0.441 e. The third kappa shape index (κ3) is 4.65. The van der Waals surface area contributed by atoms with Crippen LogP contribution in [-0.4, -0.2) is 79.8 Å². The van der Waals surface area contributed by atoms with Gasteiger partial charge in [0.2, 0.25) is 0 Å². The molecule has 4 aliphatic rings. The van der Waals surface area contributed by atoms with E-state index in [2.05, 4.69) is 11.9 Å². The fourth-order valence-corrected chi connectivity index (χ4v) is 8.68. The Morgan fingerprint density at radius 2 is 1.91 bits per heavy atom. The molecule has 0 bridgehead atoms. The van der Waals surface area contributed by atoms with Crippen molar-refractivity contribution in [2.45, 2.75) is 73.5 Å². The summed E-state index contributed by atoms with van der Waals surface area (Å²) in [5, 5.41) is 3.41. The van der Waals surface area contributed by atoms with Crippen LogP contribution in [0.15, 0.2) is 28.5 Å². The molecule has 2 saturated heterocycles. The maximum absolute atomic E-state index is 13.9. The number of nitrogens with one attached hydrogen (secondary N) is 1. The summed E-state index contributed by atoms with van der Waals surface area (Å²) in [5.74, 6) is 0.304. The number of carbonyl (C=O) groups excluding carboxylic acids is 1. The Labute approximate surface area is 210 Å². The molecule has 0 radical (unpaired) electrons. The van der Waals surface area contributed by atoms with E-state index >= 15 is 0 Å². The Morgan fingerprint density at radius 1 is 1.24 bits per heavy atom. The normalized spacial score (nSPS) is 31.8. The topological polar surface area (TPSA) is 88.2 Å². The number of ether oxygens (including phenoxy) is 2. The van der Waals surface area contributed by atoms with Gasteiger partial charge >= 0.3 is 6.09 Å². The van der Waals surface area contributed by atoms with Crippen molar-refractivity contribution in [2.24, 2.45) is 5.92 Å². The van der Waals surface area contributed by atoms with E-state index in [0.717, 1.165) is 29.8 Å². The molecule has 1 amide bonds. The number of thiophene rings is 1. The smallest absolute Gasteiger partial charge is 0.410 e. The predicted octanol–water partition coefficient (Wildman–Crippen LogP) is 3.48. The average Bonchev–Trinajstić information content (AvgIpc) is 3.71. The van der Waals surface area contributed by atoms with Crippen LogP contribution in [0.2, 0.25) is 4.34 Å². The SMILES string of the molecule is C=C(C1CC1)[C@@H]1COC[C@H](C2(OC(=O)N3C[C@@H](C)N[C@@H](C)C3)CC2)N1S(=O)(=O)c1ccc(Cl)s1. The van der Waals surface area contributed by atoms with Crippen molar-refractivity contribution in [2.75, 3.05) is 26.3 Å². The van der Waals surface area contributed by atoms with Gasteiger partial charge in [0.05, 0.1) is 29.6 Å². The lowest BCUT2D eigenvalue weighted by Gasteiger charge is -2.45. The van der Waals surface area contributed by atoms with Gasteiger partial charge in [0.15, 0.2) is 0 Å². The summed E-state index contributed by atoms with van der Waals surface area (Å²) < 4.78 is 42.1. The Kier molecular flexibility index (Phi) is 6.52. The van der Waals surface area contributed by atoms with Gasteiger partial charge in [0.1, 0.15) is 9.81 Å². The van der Waals surface area contributed by atoms with Crippen molar-refractivity contribution in [1.82, 2.24) is 14.5 Å². The molecule has 0 spiro atoms. The highest BCUT2D eigenvalue weighted by Crippen LogP contribution is 2.50. The zero-order chi connectivity index (χ0) is 24.3. The zero-order valence-corrected chi connectivity index (χ0v) is 21.9. The number of hydrogen-bond donors (Lipinski definition) is 1. The molecule has 11 heteroatoms. The monoisotopic (exact) mass is 529 g/mol. The van der Waals surface area contributed by atoms with E-state index in [0.29, 0.717) is 36.2 Å². The molecule has 1 aromatic rings. The van der Waals surface area contributed by atoms with E-state index in [-0.39, 0.29) is 29.5 Å². The molecule has 2 aliphatic heterocycles. The second kappa shape index (κ2) is 9.05. The first-order chi connectivity index (χ1) is 16.1. The number of hydrogen-bond acceptors (Lipinski definition) is 7. The van der Waals surface area contributed by atoms with Gasteiger partial charge in [-0.15, -0.1) is 11.3 Å². The number of piperazine rings is 1. The van der Waals surface area contributed by atoms with Gasteiger partial charge in [-0.1, -0.05) is 23.8 Å². The van der Waals surface area contributed by atoms with Gasteiger partial charge in [0.25, 0.3) is 10.0 Å². The van der Waals surface area contributed by atoms with Crippen LogP contribution in [0.25, 0.3) is 0 Å². The second-order valence-electron chi connectivity index (χ2n) is 10.1. The van der Waals surface area contributed by atoms with Gasteiger partial charge < -0.3 is 19.7 Å². The molecular weight excluding hydrogens is 498 g/mol. The van der Waals surface area contributed by atoms with Crippen LogP contribution in [0.3, 0.4) is 0 Å². The van der Waals surface area contributed by atoms with Crippen LogP contribution in [-0.2, 0) is 19.5 Å². The van der Waals surface area contributed by atoms with Crippen molar-refractivity contribution in [3.8, 4) is 0 Å². The summed E-state index contributed by atoms with van der Waals surface area (Å²) in [6, 6.07) is 2.36. The van der Waals surface area contributed by atoms with Crippen LogP contribution in [0.1, 0.15) is 39.5 Å². The van der Waals surface area contributed by atoms with Crippen LogP contribution in [0.4, 0.5) is 4.79 Å². The lowest BCUT2D eigenvalue weighted by Crippen LogP contribution is -2.62. The number of morpholine rings is 1. The number of sulfonamides is 1. The van der Waals surface area contributed by atoms with E-state index in [1.807, 2.05) is 13.8 Å². The molecule has 2 saturated carbocycles. The van der Waals surface area contributed by atoms with Crippen LogP contribution < -0.4 is 5.32 Å². The fourth-order valence-electron chi connectivity index (χ4n) is 5.25. The molecule has 3 heterocycles. The minimum absolute atomic E-state index is 0.163. The number of rotatable bonds is 6. The molecule has 4 fully saturated rings. The molecule has 1 aromatic heterocycles. The first-order valence-electron chi connectivity index (χ1n) is 11.9. The molecule has 8 nitrogen and oxygen atoms in total. The van der Waals surface area contributed by atoms with Crippen LogP contribution >= 0.6 is 22.9 Å². The Morgan fingerprint density at radius 3 is 2.47 bits per heavy atom. The van der Waals surface area contributed by atoms with Gasteiger partial charge in [-0.2, -0.15) is 4.31 Å². The van der Waals surface area contributed by atoms with Crippen LogP contribution in [0.5, 0.6) is 0 Å². The summed E-state index contributed by atoms with van der Waals surface area (Å²) in [6.45, 7) is 9.86. The summed E-state index contributed by atoms with van der Waals surface area (Å²) in [7, 11) is -3.90. The first-order valence-corrected chi connectivity index (χ1v) is 14.5. The first kappa shape index (κ1) is 24.5. The minimum Gasteiger partial charge on any atom is -0.441 e. The lowest BCUT2D eigenvalue weighted by atomic mass is 10.00. The standard InChI is InChI=1S/C23H32ClN3O5S2/c1-14-10-26(11-15(2)25-14)22(28)32-23(8-9-23)19-13-31-12-18(16(3)17-4-5-17)27(19)34(29,30)21-7-6-20(24)33-21/h6-7,14-15,17-19,25H,3-5,8-13H2,1-2H3/t14-,15+,18-,19+/m0/s1. The Hall–Kier alpha value is -1.17. The average molecular weight is 530 g/mol. The molecule has 4 atom stereocenters. The minimum atomic E-state index is -3.90. The predicted molar refractivity (Wildman–Crippen MR) is 131 cm³/mol. The molecule has 34 heavy (non-hydrogen) atoms. The summed E-state index contributed by atoms with van der Waals surface area (Å²) in [4.78, 5) is 14.9. The van der Waals surface area contributed by atoms with E-state index < -0.39 is 33.8 Å². The zero-order valence-electron chi connectivity index (χ0n) is 19.5. The van der Waals surface area contributed by atoms with E-state index in [9.17, 15) is 13.2 Å². The molecular formula is C23H32ClN3O5S2. The third-order valence-corrected chi connectivity index (χ3v) is 10.8. The maximum atomic E-state index is 13.9. The van der Waals surface area contributed by atoms with Crippen molar-refractivity contribution in [1.29, 1.82) is 0 Å².